The quantitative estimate of drug-likeness (QED) is 0.511. The SMILES string of the molecule is COc1cc(NS(=O)(=O)c2ccc3c(c2)C(=O)CC(c2cccc(C(C)=O)c2)N3)ccc1C. The van der Waals surface area contributed by atoms with Crippen molar-refractivity contribution in [2.75, 3.05) is 17.1 Å². The first-order valence-corrected chi connectivity index (χ1v) is 11.9. The van der Waals surface area contributed by atoms with Gasteiger partial charge in [0.2, 0.25) is 0 Å². The number of carbonyl (C=O) groups is 2. The highest BCUT2D eigenvalue weighted by atomic mass is 32.2. The molecule has 1 aliphatic rings. The normalized spacial score (nSPS) is 15.4. The highest BCUT2D eigenvalue weighted by molar-refractivity contribution is 7.92. The first kappa shape index (κ1) is 22.5. The molecule has 0 saturated heterocycles. The number of nitrogens with one attached hydrogen (secondary N) is 2. The standard InChI is InChI=1S/C25H24N2O5S/c1-15-7-8-19(12-25(15)32-3)27-33(30,31)20-9-10-22-21(13-20)24(29)14-23(26-22)18-6-4-5-17(11-18)16(2)28/h4-13,23,26-27H,14H2,1-3H3. The Labute approximate surface area is 192 Å². The molecular weight excluding hydrogens is 440 g/mol. The number of methoxy groups -OCH3 is 1. The maximum Gasteiger partial charge on any atom is 0.261 e. The number of hydrogen-bond donors (Lipinski definition) is 2. The lowest BCUT2D eigenvalue weighted by Crippen LogP contribution is -2.24. The van der Waals surface area contributed by atoms with Crippen LogP contribution in [0.3, 0.4) is 0 Å². The Kier molecular flexibility index (Phi) is 5.95. The zero-order valence-corrected chi connectivity index (χ0v) is 19.3. The Hall–Kier alpha value is -3.65. The largest absolute Gasteiger partial charge is 0.496 e. The van der Waals surface area contributed by atoms with Gasteiger partial charge in [-0.1, -0.05) is 24.3 Å². The predicted molar refractivity (Wildman–Crippen MR) is 127 cm³/mol. The lowest BCUT2D eigenvalue weighted by molar-refractivity contribution is 0.0971. The highest BCUT2D eigenvalue weighted by Crippen LogP contribution is 2.34. The first-order chi connectivity index (χ1) is 15.7. The Morgan fingerprint density at radius 1 is 1.09 bits per heavy atom. The van der Waals surface area contributed by atoms with Crippen molar-refractivity contribution in [3.8, 4) is 5.75 Å². The van der Waals surface area contributed by atoms with E-state index in [-0.39, 0.29) is 28.9 Å². The molecule has 7 nitrogen and oxygen atoms in total. The van der Waals surface area contributed by atoms with Crippen LogP contribution in [-0.4, -0.2) is 27.1 Å². The molecule has 0 bridgehead atoms. The van der Waals surface area contributed by atoms with Crippen LogP contribution in [0, 0.1) is 6.92 Å². The summed E-state index contributed by atoms with van der Waals surface area (Å²) in [7, 11) is -2.39. The molecule has 170 valence electrons. The minimum absolute atomic E-state index is 0.00651. The van der Waals surface area contributed by atoms with E-state index in [1.54, 1.807) is 42.5 Å². The molecule has 0 aromatic heterocycles. The molecule has 3 aromatic carbocycles. The van der Waals surface area contributed by atoms with Crippen LogP contribution in [0.4, 0.5) is 11.4 Å². The molecule has 1 unspecified atom stereocenters. The van der Waals surface area contributed by atoms with Crippen LogP contribution in [0.15, 0.2) is 65.6 Å². The topological polar surface area (TPSA) is 102 Å². The summed E-state index contributed by atoms with van der Waals surface area (Å²) >= 11 is 0. The van der Waals surface area contributed by atoms with Gasteiger partial charge < -0.3 is 10.1 Å². The minimum atomic E-state index is -3.91. The zero-order valence-electron chi connectivity index (χ0n) is 18.5. The Morgan fingerprint density at radius 2 is 1.88 bits per heavy atom. The molecule has 4 rings (SSSR count). The van der Waals surface area contributed by atoms with Crippen LogP contribution in [0.2, 0.25) is 0 Å². The maximum atomic E-state index is 13.0. The number of Topliss-reactive ketones (excluding diaryl/α,β-unsaturated/α-hetero) is 2. The molecule has 1 aliphatic heterocycles. The van der Waals surface area contributed by atoms with Crippen LogP contribution in [0.25, 0.3) is 0 Å². The molecule has 2 N–H and O–H groups in total. The number of benzene rings is 3. The molecule has 0 saturated carbocycles. The lowest BCUT2D eigenvalue weighted by Gasteiger charge is -2.27. The Bertz CT molecular complexity index is 1360. The number of fused-ring (bicyclic) bond motifs is 1. The van der Waals surface area contributed by atoms with Gasteiger partial charge in [0.1, 0.15) is 5.75 Å². The van der Waals surface area contributed by atoms with Crippen LogP contribution in [-0.2, 0) is 10.0 Å². The minimum Gasteiger partial charge on any atom is -0.496 e. The van der Waals surface area contributed by atoms with Crippen molar-refractivity contribution in [3.05, 3.63) is 82.9 Å². The van der Waals surface area contributed by atoms with E-state index in [0.29, 0.717) is 28.3 Å². The lowest BCUT2D eigenvalue weighted by atomic mass is 9.91. The summed E-state index contributed by atoms with van der Waals surface area (Å²) in [6.45, 7) is 3.36. The van der Waals surface area contributed by atoms with Gasteiger partial charge in [-0.25, -0.2) is 8.42 Å². The van der Waals surface area contributed by atoms with E-state index in [9.17, 15) is 18.0 Å². The smallest absolute Gasteiger partial charge is 0.261 e. The van der Waals surface area contributed by atoms with Crippen LogP contribution in [0.5, 0.6) is 5.75 Å². The Morgan fingerprint density at radius 3 is 2.61 bits per heavy atom. The fraction of sp³-hybridized carbons (Fsp3) is 0.200. The third kappa shape index (κ3) is 4.61. The van der Waals surface area contributed by atoms with Gasteiger partial charge in [0, 0.05) is 29.3 Å². The summed E-state index contributed by atoms with van der Waals surface area (Å²) in [5.41, 5.74) is 3.53. The fourth-order valence-electron chi connectivity index (χ4n) is 3.85. The van der Waals surface area contributed by atoms with Crippen LogP contribution >= 0.6 is 0 Å². The maximum absolute atomic E-state index is 13.0. The molecule has 33 heavy (non-hydrogen) atoms. The molecule has 3 aromatic rings. The van der Waals surface area contributed by atoms with E-state index in [2.05, 4.69) is 10.0 Å². The number of anilines is 2. The van der Waals surface area contributed by atoms with Crippen molar-refractivity contribution in [2.45, 2.75) is 31.2 Å². The number of rotatable bonds is 6. The second-order valence-electron chi connectivity index (χ2n) is 8.00. The molecule has 0 amide bonds. The van der Waals surface area contributed by atoms with Gasteiger partial charge in [0.05, 0.1) is 23.7 Å². The number of ketones is 2. The summed E-state index contributed by atoms with van der Waals surface area (Å²) in [4.78, 5) is 24.6. The monoisotopic (exact) mass is 464 g/mol. The summed E-state index contributed by atoms with van der Waals surface area (Å²) in [5.74, 6) is 0.351. The number of sulfonamides is 1. The molecule has 1 heterocycles. The number of carbonyl (C=O) groups excluding carboxylic acids is 2. The van der Waals surface area contributed by atoms with Crippen molar-refractivity contribution >= 4 is 33.0 Å². The molecule has 0 radical (unpaired) electrons. The summed E-state index contributed by atoms with van der Waals surface area (Å²) < 4.78 is 33.7. The van der Waals surface area contributed by atoms with E-state index < -0.39 is 10.0 Å². The zero-order chi connectivity index (χ0) is 23.8. The van der Waals surface area contributed by atoms with E-state index in [1.807, 2.05) is 13.0 Å². The Balaban J connectivity index is 1.60. The van der Waals surface area contributed by atoms with Gasteiger partial charge in [-0.05, 0) is 55.3 Å². The number of ether oxygens (including phenoxy) is 1. The molecule has 0 spiro atoms. The average Bonchev–Trinajstić information content (AvgIpc) is 2.80. The number of aryl methyl sites for hydroxylation is 1. The molecule has 1 atom stereocenters. The third-order valence-electron chi connectivity index (χ3n) is 5.68. The van der Waals surface area contributed by atoms with Crippen molar-refractivity contribution in [1.82, 2.24) is 0 Å². The summed E-state index contributed by atoms with van der Waals surface area (Å²) in [5, 5.41) is 3.30. The van der Waals surface area contributed by atoms with Gasteiger partial charge in [-0.15, -0.1) is 0 Å². The summed E-state index contributed by atoms with van der Waals surface area (Å²) in [6, 6.07) is 16.3. The van der Waals surface area contributed by atoms with Gasteiger partial charge >= 0.3 is 0 Å². The second-order valence-corrected chi connectivity index (χ2v) is 9.69. The molecular formula is C25H24N2O5S. The first-order valence-electron chi connectivity index (χ1n) is 10.4. The van der Waals surface area contributed by atoms with E-state index in [0.717, 1.165) is 11.1 Å². The van der Waals surface area contributed by atoms with E-state index in [4.69, 9.17) is 4.74 Å². The molecule has 8 heteroatoms. The van der Waals surface area contributed by atoms with Crippen LogP contribution < -0.4 is 14.8 Å². The second kappa shape index (κ2) is 8.71. The van der Waals surface area contributed by atoms with E-state index >= 15 is 0 Å². The van der Waals surface area contributed by atoms with Gasteiger partial charge in [0.25, 0.3) is 10.0 Å². The molecule has 0 aliphatic carbocycles. The highest BCUT2D eigenvalue weighted by Gasteiger charge is 2.28. The van der Waals surface area contributed by atoms with Gasteiger partial charge in [-0.2, -0.15) is 0 Å². The predicted octanol–water partition coefficient (Wildman–Crippen LogP) is 4.75. The average molecular weight is 465 g/mol. The number of hydrogen-bond acceptors (Lipinski definition) is 6. The van der Waals surface area contributed by atoms with Gasteiger partial charge in [0.15, 0.2) is 11.6 Å². The van der Waals surface area contributed by atoms with Crippen molar-refractivity contribution in [1.29, 1.82) is 0 Å². The van der Waals surface area contributed by atoms with Crippen LogP contribution in [0.1, 0.15) is 51.2 Å². The summed E-state index contributed by atoms with van der Waals surface area (Å²) in [6.07, 6.45) is 0.153. The van der Waals surface area contributed by atoms with Crippen molar-refractivity contribution in [3.63, 3.8) is 0 Å². The fourth-order valence-corrected chi connectivity index (χ4v) is 4.93. The van der Waals surface area contributed by atoms with Gasteiger partial charge in [-0.3, -0.25) is 14.3 Å². The molecule has 0 fully saturated rings. The van der Waals surface area contributed by atoms with E-state index in [1.165, 1.54) is 26.2 Å². The van der Waals surface area contributed by atoms with Crippen molar-refractivity contribution in [2.24, 2.45) is 0 Å². The van der Waals surface area contributed by atoms with Crippen molar-refractivity contribution < 1.29 is 22.7 Å². The third-order valence-corrected chi connectivity index (χ3v) is 7.06.